The second-order valence-electron chi connectivity index (χ2n) is 11.0. The molecule has 2 N–H and O–H groups in total. The molecule has 3 aliphatic rings. The number of nitrogens with one attached hydrogen (secondary N) is 2. The van der Waals surface area contributed by atoms with Crippen LogP contribution in [0.4, 0.5) is 4.39 Å². The van der Waals surface area contributed by atoms with Gasteiger partial charge in [-0.05, 0) is 55.1 Å². The number of carbonyl (C=O) groups is 1. The van der Waals surface area contributed by atoms with Gasteiger partial charge in [-0.1, -0.05) is 13.0 Å². The highest BCUT2D eigenvalue weighted by atomic mass is 19.1. The van der Waals surface area contributed by atoms with Gasteiger partial charge in [0, 0.05) is 70.2 Å². The van der Waals surface area contributed by atoms with Crippen LogP contribution in [0.2, 0.25) is 0 Å². The van der Waals surface area contributed by atoms with Crippen LogP contribution in [0.15, 0.2) is 49.1 Å². The molecule has 196 valence electrons. The minimum absolute atomic E-state index is 0.124. The Morgan fingerprint density at radius 1 is 1.19 bits per heavy atom. The van der Waals surface area contributed by atoms with Gasteiger partial charge in [-0.15, -0.1) is 0 Å². The van der Waals surface area contributed by atoms with E-state index in [2.05, 4.69) is 37.8 Å². The molecule has 2 fully saturated rings. The molecule has 0 radical (unpaired) electrons. The maximum absolute atomic E-state index is 15.9. The number of aromatic nitrogens is 4. The van der Waals surface area contributed by atoms with Crippen LogP contribution < -0.4 is 5.32 Å². The number of pyridine rings is 1. The molecule has 3 aromatic heterocycles. The Bertz CT molecular complexity index is 1250. The van der Waals surface area contributed by atoms with Gasteiger partial charge in [0.25, 0.3) is 5.91 Å². The van der Waals surface area contributed by atoms with Crippen LogP contribution in [0.25, 0.3) is 11.2 Å². The van der Waals surface area contributed by atoms with Crippen molar-refractivity contribution >= 4 is 17.1 Å². The molecule has 8 nitrogen and oxygen atoms in total. The SMILES string of the molecule is C[C@@H]1C=CNC(c2nc3cccnc3n2C2CCN(C(=O)C3(F)CCN(Cc4cc[nH]c4)CC3)CC2)C1. The van der Waals surface area contributed by atoms with Crippen molar-refractivity contribution in [2.24, 2.45) is 5.92 Å². The Labute approximate surface area is 216 Å². The molecule has 0 saturated carbocycles. The smallest absolute Gasteiger partial charge is 0.260 e. The van der Waals surface area contributed by atoms with E-state index in [1.54, 1.807) is 4.90 Å². The van der Waals surface area contributed by atoms with E-state index in [-0.39, 0.29) is 30.8 Å². The molecule has 0 aromatic carbocycles. The molecular formula is C28H36FN7O. The van der Waals surface area contributed by atoms with E-state index in [1.807, 2.05) is 43.0 Å². The lowest BCUT2D eigenvalue weighted by Crippen LogP contribution is -2.54. The van der Waals surface area contributed by atoms with E-state index in [0.29, 0.717) is 32.1 Å². The third-order valence-corrected chi connectivity index (χ3v) is 8.33. The highest BCUT2D eigenvalue weighted by Crippen LogP contribution is 2.35. The third-order valence-electron chi connectivity index (χ3n) is 8.33. The number of likely N-dealkylation sites (tertiary alicyclic amines) is 2. The lowest BCUT2D eigenvalue weighted by molar-refractivity contribution is -0.148. The van der Waals surface area contributed by atoms with Crippen LogP contribution in [-0.4, -0.2) is 67.1 Å². The number of nitrogens with zero attached hydrogens (tertiary/aromatic N) is 5. The summed E-state index contributed by atoms with van der Waals surface area (Å²) in [6.07, 6.45) is 12.9. The van der Waals surface area contributed by atoms with Gasteiger partial charge in [-0.25, -0.2) is 14.4 Å². The highest BCUT2D eigenvalue weighted by Gasteiger charge is 2.45. The van der Waals surface area contributed by atoms with Crippen molar-refractivity contribution in [3.63, 3.8) is 0 Å². The largest absolute Gasteiger partial charge is 0.381 e. The number of hydrogen-bond donors (Lipinski definition) is 2. The first-order valence-corrected chi connectivity index (χ1v) is 13.6. The van der Waals surface area contributed by atoms with E-state index in [4.69, 9.17) is 4.98 Å². The van der Waals surface area contributed by atoms with Crippen molar-refractivity contribution in [3.8, 4) is 0 Å². The summed E-state index contributed by atoms with van der Waals surface area (Å²) in [6, 6.07) is 6.28. The molecule has 0 spiro atoms. The average Bonchev–Trinajstić information content (AvgIpc) is 3.58. The first-order chi connectivity index (χ1) is 18.0. The van der Waals surface area contributed by atoms with E-state index < -0.39 is 5.67 Å². The average molecular weight is 506 g/mol. The van der Waals surface area contributed by atoms with E-state index in [0.717, 1.165) is 42.8 Å². The Morgan fingerprint density at radius 2 is 2.00 bits per heavy atom. The number of halogens is 1. The number of alkyl halides is 1. The van der Waals surface area contributed by atoms with E-state index in [9.17, 15) is 4.79 Å². The van der Waals surface area contributed by atoms with Gasteiger partial charge in [0.05, 0.1) is 6.04 Å². The predicted octanol–water partition coefficient (Wildman–Crippen LogP) is 4.11. The van der Waals surface area contributed by atoms with Crippen LogP contribution in [0, 0.1) is 5.92 Å². The summed E-state index contributed by atoms with van der Waals surface area (Å²) in [5.41, 5.74) is 1.22. The summed E-state index contributed by atoms with van der Waals surface area (Å²) in [4.78, 5) is 30.0. The summed E-state index contributed by atoms with van der Waals surface area (Å²) in [5, 5.41) is 3.49. The van der Waals surface area contributed by atoms with Crippen molar-refractivity contribution in [1.82, 2.24) is 34.6 Å². The summed E-state index contributed by atoms with van der Waals surface area (Å²) in [5.74, 6) is 1.16. The predicted molar refractivity (Wildman–Crippen MR) is 140 cm³/mol. The Morgan fingerprint density at radius 3 is 2.73 bits per heavy atom. The summed E-state index contributed by atoms with van der Waals surface area (Å²) < 4.78 is 18.1. The first-order valence-electron chi connectivity index (χ1n) is 13.6. The van der Waals surface area contributed by atoms with Crippen molar-refractivity contribution in [1.29, 1.82) is 0 Å². The lowest BCUT2D eigenvalue weighted by Gasteiger charge is -2.41. The zero-order valence-corrected chi connectivity index (χ0v) is 21.4. The molecule has 1 amide bonds. The number of imidazole rings is 1. The van der Waals surface area contributed by atoms with E-state index >= 15 is 4.39 Å². The summed E-state index contributed by atoms with van der Waals surface area (Å²) >= 11 is 0. The van der Waals surface area contributed by atoms with Gasteiger partial charge in [0.15, 0.2) is 11.3 Å². The maximum atomic E-state index is 15.9. The molecule has 1 unspecified atom stereocenters. The number of aromatic amines is 1. The number of rotatable bonds is 5. The van der Waals surface area contributed by atoms with Crippen LogP contribution in [0.5, 0.6) is 0 Å². The number of H-pyrrole nitrogens is 1. The van der Waals surface area contributed by atoms with Crippen molar-refractivity contribution in [3.05, 3.63) is 60.5 Å². The number of piperidine rings is 2. The third kappa shape index (κ3) is 4.77. The molecule has 2 atom stereocenters. The van der Waals surface area contributed by atoms with Crippen LogP contribution in [0.1, 0.15) is 62.5 Å². The summed E-state index contributed by atoms with van der Waals surface area (Å²) in [7, 11) is 0. The second-order valence-corrected chi connectivity index (χ2v) is 11.0. The Hall–Kier alpha value is -3.20. The van der Waals surface area contributed by atoms with Gasteiger partial charge in [0.2, 0.25) is 0 Å². The fraction of sp³-hybridized carbons (Fsp3) is 0.536. The molecule has 0 aliphatic carbocycles. The van der Waals surface area contributed by atoms with E-state index in [1.165, 1.54) is 5.56 Å². The number of amides is 1. The molecule has 37 heavy (non-hydrogen) atoms. The zero-order valence-electron chi connectivity index (χ0n) is 21.4. The molecule has 3 aliphatic heterocycles. The Balaban J connectivity index is 1.13. The molecule has 0 bridgehead atoms. The lowest BCUT2D eigenvalue weighted by atomic mass is 9.90. The van der Waals surface area contributed by atoms with Crippen molar-refractivity contribution in [2.45, 2.75) is 63.3 Å². The van der Waals surface area contributed by atoms with Gasteiger partial charge in [-0.3, -0.25) is 9.69 Å². The first kappa shape index (κ1) is 24.2. The van der Waals surface area contributed by atoms with Gasteiger partial charge in [-0.2, -0.15) is 0 Å². The fourth-order valence-corrected chi connectivity index (χ4v) is 6.19. The zero-order chi connectivity index (χ0) is 25.4. The van der Waals surface area contributed by atoms with Crippen LogP contribution in [-0.2, 0) is 11.3 Å². The van der Waals surface area contributed by atoms with Gasteiger partial charge >= 0.3 is 0 Å². The monoisotopic (exact) mass is 505 g/mol. The van der Waals surface area contributed by atoms with Crippen molar-refractivity contribution in [2.75, 3.05) is 26.2 Å². The van der Waals surface area contributed by atoms with Crippen LogP contribution in [0.3, 0.4) is 0 Å². The van der Waals surface area contributed by atoms with Crippen LogP contribution >= 0.6 is 0 Å². The molecule has 6 rings (SSSR count). The topological polar surface area (TPSA) is 82.1 Å². The maximum Gasteiger partial charge on any atom is 0.260 e. The second kappa shape index (κ2) is 9.93. The standard InChI is InChI=1S/C28H36FN7O/c1-20-4-12-31-24(17-20)26-33-23-3-2-10-32-25(23)36(26)22-6-13-35(14-7-22)27(37)28(29)8-15-34(16-9-28)19-21-5-11-30-18-21/h2-5,10-12,18,20,22,24,30-31H,6-9,13-17,19H2,1H3/t20-,24?/m1/s1. The number of allylic oxidation sites excluding steroid dienone is 1. The van der Waals surface area contributed by atoms with Gasteiger partial charge in [0.1, 0.15) is 11.3 Å². The quantitative estimate of drug-likeness (QED) is 0.545. The molecule has 6 heterocycles. The van der Waals surface area contributed by atoms with Crippen molar-refractivity contribution < 1.29 is 9.18 Å². The summed E-state index contributed by atoms with van der Waals surface area (Å²) in [6.45, 7) is 5.32. The van der Waals surface area contributed by atoms with Gasteiger partial charge < -0.3 is 19.8 Å². The number of fused-ring (bicyclic) bond motifs is 1. The molecule has 2 saturated heterocycles. The number of hydrogen-bond acceptors (Lipinski definition) is 5. The minimum Gasteiger partial charge on any atom is -0.381 e. The normalized spacial score (nSPS) is 24.9. The molecule has 3 aromatic rings. The minimum atomic E-state index is -1.76. The highest BCUT2D eigenvalue weighted by molar-refractivity contribution is 5.85. The fourth-order valence-electron chi connectivity index (χ4n) is 6.19. The number of carbonyl (C=O) groups excluding carboxylic acids is 1. The Kier molecular flexibility index (Phi) is 6.48. The molecule has 9 heteroatoms. The molecular weight excluding hydrogens is 469 g/mol.